The average Bonchev–Trinajstić information content (AvgIpc) is 2.89. The van der Waals surface area contributed by atoms with Crippen LogP contribution in [0.1, 0.15) is 18.7 Å². The maximum absolute atomic E-state index is 12.6. The number of carbonyl (C=O) groups excluding carboxylic acids is 2. The van der Waals surface area contributed by atoms with Gasteiger partial charge in [-0.25, -0.2) is 4.79 Å². The molecule has 128 valence electrons. The first-order valence-electron chi connectivity index (χ1n) is 7.79. The van der Waals surface area contributed by atoms with Gasteiger partial charge in [0.1, 0.15) is 12.6 Å². The lowest BCUT2D eigenvalue weighted by Gasteiger charge is -2.35. The highest BCUT2D eigenvalue weighted by molar-refractivity contribution is 9.11. The smallest absolute Gasteiger partial charge is 0.312 e. The van der Waals surface area contributed by atoms with Gasteiger partial charge in [-0.15, -0.1) is 11.3 Å². The van der Waals surface area contributed by atoms with Gasteiger partial charge in [-0.2, -0.15) is 0 Å². The summed E-state index contributed by atoms with van der Waals surface area (Å²) in [6.07, 6.45) is 0. The van der Waals surface area contributed by atoms with Crippen LogP contribution in [0.2, 0.25) is 0 Å². The number of halogens is 1. The van der Waals surface area contributed by atoms with Crippen LogP contribution in [0.15, 0.2) is 15.9 Å². The Morgan fingerprint density at radius 3 is 2.52 bits per heavy atom. The monoisotopic (exact) mass is 403 g/mol. The van der Waals surface area contributed by atoms with E-state index in [1.54, 1.807) is 11.3 Å². The van der Waals surface area contributed by atoms with Gasteiger partial charge in [0.2, 0.25) is 5.91 Å². The number of nitrogens with one attached hydrogen (secondary N) is 2. The minimum absolute atomic E-state index is 0.0174. The molecule has 3 amide bonds. The molecule has 0 aromatic carbocycles. The lowest BCUT2D eigenvalue weighted by atomic mass is 10.0. The molecule has 1 aliphatic heterocycles. The minimum atomic E-state index is -0.649. The van der Waals surface area contributed by atoms with E-state index in [0.717, 1.165) is 23.4 Å². The summed E-state index contributed by atoms with van der Waals surface area (Å²) in [5, 5.41) is 2.57. The van der Waals surface area contributed by atoms with Crippen molar-refractivity contribution in [1.29, 1.82) is 0 Å². The number of piperazine rings is 1. The number of hydrogen-bond acceptors (Lipinski definition) is 3. The van der Waals surface area contributed by atoms with E-state index in [-0.39, 0.29) is 11.8 Å². The summed E-state index contributed by atoms with van der Waals surface area (Å²) >= 11 is 5.24. The molecule has 1 fully saturated rings. The largest absolute Gasteiger partial charge is 0.352 e. The fourth-order valence-electron chi connectivity index (χ4n) is 2.78. The predicted molar refractivity (Wildman–Crippen MR) is 94.3 cm³/mol. The molecule has 1 atom stereocenters. The summed E-state index contributed by atoms with van der Waals surface area (Å²) in [5.74, 6) is -0.0134. The Hall–Kier alpha value is -1.12. The lowest BCUT2D eigenvalue weighted by Crippen LogP contribution is -3.13. The van der Waals surface area contributed by atoms with Crippen molar-refractivity contribution in [2.45, 2.75) is 26.4 Å². The summed E-state index contributed by atoms with van der Waals surface area (Å²) in [5.41, 5.74) is 5.18. The van der Waals surface area contributed by atoms with Crippen LogP contribution in [0, 0.1) is 5.92 Å². The molecule has 8 heteroatoms. The highest BCUT2D eigenvalue weighted by Crippen LogP contribution is 2.21. The zero-order valence-corrected chi connectivity index (χ0v) is 15.9. The summed E-state index contributed by atoms with van der Waals surface area (Å²) in [4.78, 5) is 28.3. The van der Waals surface area contributed by atoms with Gasteiger partial charge >= 0.3 is 6.03 Å². The fourth-order valence-corrected chi connectivity index (χ4v) is 4.33. The van der Waals surface area contributed by atoms with E-state index in [1.165, 1.54) is 9.78 Å². The van der Waals surface area contributed by atoms with Gasteiger partial charge in [-0.05, 0) is 34.0 Å². The highest BCUT2D eigenvalue weighted by atomic mass is 79.9. The number of rotatable bonds is 5. The van der Waals surface area contributed by atoms with Crippen molar-refractivity contribution in [2.24, 2.45) is 11.7 Å². The molecular weight excluding hydrogens is 380 g/mol. The van der Waals surface area contributed by atoms with Crippen LogP contribution in [0.5, 0.6) is 0 Å². The molecule has 0 unspecified atom stereocenters. The van der Waals surface area contributed by atoms with E-state index in [4.69, 9.17) is 5.73 Å². The minimum Gasteiger partial charge on any atom is -0.352 e. The van der Waals surface area contributed by atoms with Crippen molar-refractivity contribution in [3.63, 3.8) is 0 Å². The lowest BCUT2D eigenvalue weighted by molar-refractivity contribution is -0.917. The van der Waals surface area contributed by atoms with Gasteiger partial charge in [0.25, 0.3) is 0 Å². The molecule has 6 nitrogen and oxygen atoms in total. The number of hydrogen-bond donors (Lipinski definition) is 3. The highest BCUT2D eigenvalue weighted by Gasteiger charge is 2.31. The molecule has 0 spiro atoms. The summed E-state index contributed by atoms with van der Waals surface area (Å²) < 4.78 is 1.15. The molecule has 2 rings (SSSR count). The third kappa shape index (κ3) is 5.19. The van der Waals surface area contributed by atoms with E-state index in [1.807, 2.05) is 18.7 Å². The Balaban J connectivity index is 1.87. The van der Waals surface area contributed by atoms with Crippen molar-refractivity contribution in [3.8, 4) is 0 Å². The number of primary amides is 1. The first-order valence-corrected chi connectivity index (χ1v) is 9.40. The van der Waals surface area contributed by atoms with Crippen LogP contribution in [-0.4, -0.2) is 49.1 Å². The molecular formula is C15H24BrN4O2S+. The van der Waals surface area contributed by atoms with Gasteiger partial charge in [0.15, 0.2) is 0 Å². The second-order valence-corrected chi connectivity index (χ2v) is 8.74. The van der Waals surface area contributed by atoms with Crippen LogP contribution in [0.4, 0.5) is 4.79 Å². The number of urea groups is 1. The molecule has 0 bridgehead atoms. The van der Waals surface area contributed by atoms with Crippen molar-refractivity contribution in [3.05, 3.63) is 20.8 Å². The van der Waals surface area contributed by atoms with E-state index in [9.17, 15) is 9.59 Å². The first kappa shape index (κ1) is 18.2. The Kier molecular flexibility index (Phi) is 6.43. The molecule has 1 aromatic rings. The van der Waals surface area contributed by atoms with Crippen LogP contribution in [-0.2, 0) is 11.3 Å². The molecule has 2 heterocycles. The predicted octanol–water partition coefficient (Wildman–Crippen LogP) is 0.431. The zero-order valence-electron chi connectivity index (χ0n) is 13.5. The van der Waals surface area contributed by atoms with Gasteiger partial charge in [-0.3, -0.25) is 4.79 Å². The van der Waals surface area contributed by atoms with Crippen LogP contribution in [0.3, 0.4) is 0 Å². The second-order valence-electron chi connectivity index (χ2n) is 6.19. The molecule has 1 aliphatic rings. The Bertz CT molecular complexity index is 555. The fraction of sp³-hybridized carbons (Fsp3) is 0.600. The molecule has 0 aliphatic carbocycles. The van der Waals surface area contributed by atoms with E-state index >= 15 is 0 Å². The molecule has 1 aromatic heterocycles. The number of amides is 3. The van der Waals surface area contributed by atoms with Gasteiger partial charge in [0, 0.05) is 0 Å². The van der Waals surface area contributed by atoms with Gasteiger partial charge in [-0.1, -0.05) is 13.8 Å². The van der Waals surface area contributed by atoms with E-state index < -0.39 is 12.1 Å². The quantitative estimate of drug-likeness (QED) is 0.666. The Morgan fingerprint density at radius 1 is 1.39 bits per heavy atom. The zero-order chi connectivity index (χ0) is 17.0. The van der Waals surface area contributed by atoms with Gasteiger partial charge in [0.05, 0.1) is 34.8 Å². The van der Waals surface area contributed by atoms with E-state index in [0.29, 0.717) is 13.1 Å². The maximum Gasteiger partial charge on any atom is 0.312 e. The summed E-state index contributed by atoms with van der Waals surface area (Å²) in [7, 11) is 0. The third-order valence-electron chi connectivity index (χ3n) is 4.07. The molecule has 0 radical (unpaired) electrons. The average molecular weight is 404 g/mol. The van der Waals surface area contributed by atoms with Crippen LogP contribution in [0.25, 0.3) is 0 Å². The van der Waals surface area contributed by atoms with E-state index in [2.05, 4.69) is 33.4 Å². The summed E-state index contributed by atoms with van der Waals surface area (Å²) in [6, 6.07) is 3.03. The van der Waals surface area contributed by atoms with Crippen molar-refractivity contribution >= 4 is 39.2 Å². The standard InChI is InChI=1S/C15H23BrN4O2S/c1-10(2)13(18-15(17)22)14(21)20-7-5-19(6-8-20)9-11-3-4-12(16)23-11/h3-4,10,13H,5-9H2,1-2H3,(H3,17,18,22)/p+1/t13-/m0/s1. The van der Waals surface area contributed by atoms with Crippen molar-refractivity contribution < 1.29 is 14.5 Å². The number of carbonyl (C=O) groups is 2. The molecule has 1 saturated heterocycles. The maximum atomic E-state index is 12.6. The number of nitrogens with two attached hydrogens (primary N) is 1. The first-order chi connectivity index (χ1) is 10.9. The number of quaternary nitrogens is 1. The third-order valence-corrected chi connectivity index (χ3v) is 5.69. The summed E-state index contributed by atoms with van der Waals surface area (Å²) in [6.45, 7) is 8.08. The Morgan fingerprint density at radius 2 is 2.04 bits per heavy atom. The Labute approximate surface area is 149 Å². The SMILES string of the molecule is CC(C)[C@H](NC(N)=O)C(=O)N1CC[NH+](Cc2ccc(Br)s2)CC1. The second kappa shape index (κ2) is 8.12. The van der Waals surface area contributed by atoms with Gasteiger partial charge < -0.3 is 20.9 Å². The molecule has 23 heavy (non-hydrogen) atoms. The van der Waals surface area contributed by atoms with Crippen LogP contribution < -0.4 is 16.0 Å². The number of thiophene rings is 1. The van der Waals surface area contributed by atoms with Crippen molar-refractivity contribution in [1.82, 2.24) is 10.2 Å². The number of nitrogens with zero attached hydrogens (tertiary/aromatic N) is 1. The normalized spacial score (nSPS) is 17.3. The van der Waals surface area contributed by atoms with Crippen molar-refractivity contribution in [2.75, 3.05) is 26.2 Å². The molecule has 4 N–H and O–H groups in total. The topological polar surface area (TPSA) is 79.9 Å². The van der Waals surface area contributed by atoms with Crippen LogP contribution >= 0.6 is 27.3 Å². The molecule has 0 saturated carbocycles.